The normalized spacial score (nSPS) is 12.0. The number of carbonyl (C=O) groups is 1. The molecule has 0 saturated heterocycles. The minimum atomic E-state index is -4.46. The number of hydrogen-bond acceptors (Lipinski definition) is 3. The lowest BCUT2D eigenvalue weighted by molar-refractivity contribution is -0.137. The monoisotopic (exact) mass is 290 g/mol. The van der Waals surface area contributed by atoms with Crippen molar-refractivity contribution >= 4 is 23.0 Å². The van der Waals surface area contributed by atoms with E-state index < -0.39 is 17.5 Å². The first kappa shape index (κ1) is 15.6. The molecule has 0 fully saturated rings. The van der Waals surface area contributed by atoms with Crippen LogP contribution in [0.2, 0.25) is 0 Å². The van der Waals surface area contributed by atoms with E-state index in [1.807, 2.05) is 0 Å². The molecular formula is C13H13F3O2S. The fourth-order valence-electron chi connectivity index (χ4n) is 1.34. The number of phenols is 1. The molecule has 0 aliphatic heterocycles. The first-order valence-corrected chi connectivity index (χ1v) is 6.49. The zero-order valence-electron chi connectivity index (χ0n) is 10.2. The van der Waals surface area contributed by atoms with Crippen LogP contribution in [-0.4, -0.2) is 16.0 Å². The van der Waals surface area contributed by atoms with E-state index in [9.17, 15) is 23.1 Å². The third kappa shape index (κ3) is 5.38. The van der Waals surface area contributed by atoms with Crippen molar-refractivity contribution in [1.29, 1.82) is 0 Å². The van der Waals surface area contributed by atoms with E-state index >= 15 is 0 Å². The van der Waals surface area contributed by atoms with Crippen molar-refractivity contribution in [1.82, 2.24) is 0 Å². The van der Waals surface area contributed by atoms with Gasteiger partial charge in [-0.3, -0.25) is 4.79 Å². The number of rotatable bonds is 4. The molecule has 0 unspecified atom stereocenters. The molecule has 0 aliphatic carbocycles. The summed E-state index contributed by atoms with van der Waals surface area (Å²) in [6, 6.07) is 2.83. The van der Waals surface area contributed by atoms with Crippen LogP contribution in [0.25, 0.3) is 6.08 Å². The van der Waals surface area contributed by atoms with Gasteiger partial charge in [-0.25, -0.2) is 0 Å². The summed E-state index contributed by atoms with van der Waals surface area (Å²) in [5.74, 6) is 0.193. The van der Waals surface area contributed by atoms with Crippen LogP contribution >= 0.6 is 11.8 Å². The molecule has 0 aromatic heterocycles. The number of carbonyl (C=O) groups excluding carboxylic acids is 1. The van der Waals surface area contributed by atoms with Crippen LogP contribution in [0.1, 0.15) is 24.5 Å². The molecule has 0 radical (unpaired) electrons. The molecule has 6 heteroatoms. The lowest BCUT2D eigenvalue weighted by Gasteiger charge is -2.08. The van der Waals surface area contributed by atoms with Gasteiger partial charge < -0.3 is 5.11 Å². The van der Waals surface area contributed by atoms with Gasteiger partial charge in [0, 0.05) is 18.2 Å². The standard InChI is InChI=1S/C13H13F3O2S/c1-9(17)19-7-3-2-4-10-5-6-11(8-12(10)18)13(14,15)16/h2,4-6,8,18H,3,7H2,1H3. The Morgan fingerprint density at radius 2 is 2.11 bits per heavy atom. The minimum Gasteiger partial charge on any atom is -0.507 e. The highest BCUT2D eigenvalue weighted by Gasteiger charge is 2.30. The predicted molar refractivity (Wildman–Crippen MR) is 69.9 cm³/mol. The molecule has 0 atom stereocenters. The van der Waals surface area contributed by atoms with Crippen molar-refractivity contribution < 1.29 is 23.1 Å². The van der Waals surface area contributed by atoms with E-state index in [2.05, 4.69) is 0 Å². The molecular weight excluding hydrogens is 277 g/mol. The molecule has 0 spiro atoms. The van der Waals surface area contributed by atoms with E-state index in [0.717, 1.165) is 6.07 Å². The largest absolute Gasteiger partial charge is 0.507 e. The summed E-state index contributed by atoms with van der Waals surface area (Å²) in [5.41, 5.74) is -0.560. The maximum absolute atomic E-state index is 12.4. The molecule has 19 heavy (non-hydrogen) atoms. The Hall–Kier alpha value is -1.43. The van der Waals surface area contributed by atoms with E-state index in [1.54, 1.807) is 6.08 Å². The fourth-order valence-corrected chi connectivity index (χ4v) is 1.88. The first-order valence-electron chi connectivity index (χ1n) is 5.51. The number of phenolic OH excluding ortho intramolecular Hbond substituents is 1. The fraction of sp³-hybridized carbons (Fsp3) is 0.308. The van der Waals surface area contributed by atoms with Gasteiger partial charge in [0.1, 0.15) is 5.75 Å². The zero-order valence-corrected chi connectivity index (χ0v) is 11.0. The average Bonchev–Trinajstić information content (AvgIpc) is 2.28. The molecule has 0 bridgehead atoms. The maximum Gasteiger partial charge on any atom is 0.416 e. The van der Waals surface area contributed by atoms with Crippen molar-refractivity contribution in [2.24, 2.45) is 0 Å². The summed E-state index contributed by atoms with van der Waals surface area (Å²) in [5, 5.41) is 9.51. The van der Waals surface area contributed by atoms with Gasteiger partial charge in [0.2, 0.25) is 0 Å². The van der Waals surface area contributed by atoms with Crippen LogP contribution < -0.4 is 0 Å². The quantitative estimate of drug-likeness (QED) is 0.848. The highest BCUT2D eigenvalue weighted by atomic mass is 32.2. The van der Waals surface area contributed by atoms with E-state index in [-0.39, 0.29) is 5.12 Å². The van der Waals surface area contributed by atoms with Gasteiger partial charge in [0.05, 0.1) is 5.56 Å². The summed E-state index contributed by atoms with van der Waals surface area (Å²) >= 11 is 1.18. The second-order valence-corrected chi connectivity index (χ2v) is 5.07. The van der Waals surface area contributed by atoms with Crippen LogP contribution in [0, 0.1) is 0 Å². The lowest BCUT2D eigenvalue weighted by Crippen LogP contribution is -2.04. The number of aromatic hydroxyl groups is 1. The molecule has 0 aliphatic rings. The number of thioether (sulfide) groups is 1. The van der Waals surface area contributed by atoms with Crippen LogP contribution in [0.3, 0.4) is 0 Å². The van der Waals surface area contributed by atoms with Crippen LogP contribution in [-0.2, 0) is 11.0 Å². The van der Waals surface area contributed by atoms with E-state index in [1.165, 1.54) is 30.8 Å². The summed E-state index contributed by atoms with van der Waals surface area (Å²) in [7, 11) is 0. The summed E-state index contributed by atoms with van der Waals surface area (Å²) in [6.07, 6.45) is -0.614. The lowest BCUT2D eigenvalue weighted by atomic mass is 10.1. The second kappa shape index (κ2) is 6.65. The Bertz CT molecular complexity index is 481. The van der Waals surface area contributed by atoms with Crippen molar-refractivity contribution in [3.8, 4) is 5.75 Å². The van der Waals surface area contributed by atoms with Gasteiger partial charge in [0.15, 0.2) is 5.12 Å². The number of alkyl halides is 3. The smallest absolute Gasteiger partial charge is 0.416 e. The molecule has 1 N–H and O–H groups in total. The minimum absolute atomic E-state index is 0.0192. The molecule has 0 saturated carbocycles. The van der Waals surface area contributed by atoms with Gasteiger partial charge in [0.25, 0.3) is 0 Å². The van der Waals surface area contributed by atoms with Gasteiger partial charge in [-0.05, 0) is 18.6 Å². The number of allylic oxidation sites excluding steroid dienone is 1. The Morgan fingerprint density at radius 1 is 1.42 bits per heavy atom. The van der Waals surface area contributed by atoms with Gasteiger partial charge in [-0.2, -0.15) is 13.2 Å². The van der Waals surface area contributed by atoms with E-state index in [4.69, 9.17) is 0 Å². The first-order chi connectivity index (χ1) is 8.80. The van der Waals surface area contributed by atoms with Crippen LogP contribution in [0.4, 0.5) is 13.2 Å². The Labute approximate surface area is 113 Å². The number of benzene rings is 1. The Balaban J connectivity index is 2.65. The topological polar surface area (TPSA) is 37.3 Å². The summed E-state index contributed by atoms with van der Waals surface area (Å²) in [4.78, 5) is 10.7. The molecule has 0 heterocycles. The molecule has 1 aromatic rings. The highest BCUT2D eigenvalue weighted by molar-refractivity contribution is 8.13. The molecule has 1 rings (SSSR count). The molecule has 1 aromatic carbocycles. The second-order valence-electron chi connectivity index (χ2n) is 3.80. The van der Waals surface area contributed by atoms with Crippen molar-refractivity contribution in [3.63, 3.8) is 0 Å². The van der Waals surface area contributed by atoms with Gasteiger partial charge in [-0.1, -0.05) is 30.0 Å². The van der Waals surface area contributed by atoms with E-state index in [0.29, 0.717) is 23.8 Å². The zero-order chi connectivity index (χ0) is 14.5. The SMILES string of the molecule is CC(=O)SCCC=Cc1ccc(C(F)(F)F)cc1O. The maximum atomic E-state index is 12.4. The third-order valence-electron chi connectivity index (χ3n) is 2.25. The molecule has 0 amide bonds. The predicted octanol–water partition coefficient (Wildman–Crippen LogP) is 4.09. The van der Waals surface area contributed by atoms with Gasteiger partial charge in [-0.15, -0.1) is 0 Å². The van der Waals surface area contributed by atoms with Crippen molar-refractivity contribution in [2.75, 3.05) is 5.75 Å². The number of halogens is 3. The van der Waals surface area contributed by atoms with Crippen molar-refractivity contribution in [2.45, 2.75) is 19.5 Å². The summed E-state index contributed by atoms with van der Waals surface area (Å²) < 4.78 is 37.1. The summed E-state index contributed by atoms with van der Waals surface area (Å²) in [6.45, 7) is 1.47. The Morgan fingerprint density at radius 3 is 2.63 bits per heavy atom. The molecule has 2 nitrogen and oxygen atoms in total. The van der Waals surface area contributed by atoms with Crippen LogP contribution in [0.15, 0.2) is 24.3 Å². The third-order valence-corrected chi connectivity index (χ3v) is 3.09. The van der Waals surface area contributed by atoms with Crippen LogP contribution in [0.5, 0.6) is 5.75 Å². The number of hydrogen-bond donors (Lipinski definition) is 1. The van der Waals surface area contributed by atoms with Crippen molar-refractivity contribution in [3.05, 3.63) is 35.4 Å². The van der Waals surface area contributed by atoms with Gasteiger partial charge >= 0.3 is 6.18 Å². The molecule has 104 valence electrons. The highest BCUT2D eigenvalue weighted by Crippen LogP contribution is 2.32. The average molecular weight is 290 g/mol. The Kier molecular flexibility index (Phi) is 5.47.